The summed E-state index contributed by atoms with van der Waals surface area (Å²) in [6.07, 6.45) is -0.743. The zero-order valence-corrected chi connectivity index (χ0v) is 16.2. The summed E-state index contributed by atoms with van der Waals surface area (Å²) in [4.78, 5) is 22.9. The predicted octanol–water partition coefficient (Wildman–Crippen LogP) is 4.31. The van der Waals surface area contributed by atoms with Gasteiger partial charge in [-0.05, 0) is 38.5 Å². The second kappa shape index (κ2) is 8.80. The van der Waals surface area contributed by atoms with E-state index in [0.717, 1.165) is 10.0 Å². The molecule has 1 rings (SSSR count). The number of rotatable bonds is 6. The Morgan fingerprint density at radius 1 is 1.43 bits per heavy atom. The Hall–Kier alpha value is -0.920. The zero-order valence-electron chi connectivity index (χ0n) is 13.1. The number of ether oxygens (including phenoxy) is 1. The van der Waals surface area contributed by atoms with E-state index in [1.807, 2.05) is 12.1 Å². The van der Waals surface area contributed by atoms with Crippen molar-refractivity contribution >= 4 is 51.4 Å². The van der Waals surface area contributed by atoms with Gasteiger partial charge < -0.3 is 15.2 Å². The van der Waals surface area contributed by atoms with Crippen LogP contribution >= 0.6 is 39.3 Å². The minimum Gasteiger partial charge on any atom is -0.480 e. The molecule has 23 heavy (non-hydrogen) atoms. The highest BCUT2D eigenvalue weighted by atomic mass is 79.9. The molecule has 0 aliphatic rings. The molecule has 128 valence electrons. The third-order valence-electron chi connectivity index (χ3n) is 2.55. The standard InChI is InChI=1S/C15H19BrClNO4S/c1-15(2,3)22-14(21)18-12(13(19)20)8-23-7-9-4-5-10(16)6-11(9)17/h4-6,12H,7-8H2,1-3H3,(H,18,21)(H,19,20). The van der Waals surface area contributed by atoms with E-state index in [0.29, 0.717) is 10.8 Å². The molecule has 0 aliphatic heterocycles. The second-order valence-corrected chi connectivity index (χ2v) is 8.14. The van der Waals surface area contributed by atoms with Crippen LogP contribution in [0.25, 0.3) is 0 Å². The van der Waals surface area contributed by atoms with E-state index in [1.54, 1.807) is 26.8 Å². The first-order valence-electron chi connectivity index (χ1n) is 6.82. The molecule has 0 saturated heterocycles. The molecule has 0 fully saturated rings. The fourth-order valence-corrected chi connectivity index (χ4v) is 3.42. The Bertz CT molecular complexity index is 577. The van der Waals surface area contributed by atoms with Crippen molar-refractivity contribution in [3.8, 4) is 0 Å². The Balaban J connectivity index is 2.53. The van der Waals surface area contributed by atoms with Crippen molar-refractivity contribution in [3.05, 3.63) is 33.3 Å². The lowest BCUT2D eigenvalue weighted by Crippen LogP contribution is -2.44. The van der Waals surface area contributed by atoms with Crippen molar-refractivity contribution in [3.63, 3.8) is 0 Å². The Morgan fingerprint density at radius 3 is 2.61 bits per heavy atom. The molecular weight excluding hydrogens is 406 g/mol. The number of benzene rings is 1. The van der Waals surface area contributed by atoms with Crippen LogP contribution in [-0.2, 0) is 15.3 Å². The molecule has 8 heteroatoms. The van der Waals surface area contributed by atoms with E-state index in [4.69, 9.17) is 16.3 Å². The first kappa shape index (κ1) is 20.1. The molecule has 1 unspecified atom stereocenters. The Labute approximate surface area is 153 Å². The number of aliphatic carboxylic acids is 1. The summed E-state index contributed by atoms with van der Waals surface area (Å²) < 4.78 is 5.95. The summed E-state index contributed by atoms with van der Waals surface area (Å²) in [7, 11) is 0. The monoisotopic (exact) mass is 423 g/mol. The lowest BCUT2D eigenvalue weighted by atomic mass is 10.2. The number of carbonyl (C=O) groups is 2. The third-order valence-corrected chi connectivity index (χ3v) is 4.48. The normalized spacial score (nSPS) is 12.6. The lowest BCUT2D eigenvalue weighted by Gasteiger charge is -2.21. The molecule has 5 nitrogen and oxygen atoms in total. The van der Waals surface area contributed by atoms with Crippen LogP contribution < -0.4 is 5.32 Å². The molecule has 0 saturated carbocycles. The minimum absolute atomic E-state index is 0.209. The van der Waals surface area contributed by atoms with Gasteiger partial charge in [0.2, 0.25) is 0 Å². The maximum absolute atomic E-state index is 11.7. The molecule has 0 aliphatic carbocycles. The van der Waals surface area contributed by atoms with Crippen LogP contribution in [0.2, 0.25) is 5.02 Å². The number of thioether (sulfide) groups is 1. The van der Waals surface area contributed by atoms with E-state index in [-0.39, 0.29) is 5.75 Å². The van der Waals surface area contributed by atoms with Gasteiger partial charge in [0.15, 0.2) is 0 Å². The van der Waals surface area contributed by atoms with E-state index >= 15 is 0 Å². The molecule has 0 bridgehead atoms. The number of carboxylic acids is 1. The van der Waals surface area contributed by atoms with Crippen LogP contribution in [0.4, 0.5) is 4.79 Å². The van der Waals surface area contributed by atoms with Crippen LogP contribution in [0, 0.1) is 0 Å². The highest BCUT2D eigenvalue weighted by Gasteiger charge is 2.23. The number of amides is 1. The van der Waals surface area contributed by atoms with Crippen molar-refractivity contribution in [1.29, 1.82) is 0 Å². The summed E-state index contributed by atoms with van der Waals surface area (Å²) in [5.41, 5.74) is 0.229. The number of halogens is 2. The fraction of sp³-hybridized carbons (Fsp3) is 0.467. The Morgan fingerprint density at radius 2 is 2.09 bits per heavy atom. The molecule has 1 aromatic rings. The summed E-state index contributed by atoms with van der Waals surface area (Å²) in [6.45, 7) is 5.14. The maximum Gasteiger partial charge on any atom is 0.408 e. The van der Waals surface area contributed by atoms with Gasteiger partial charge in [0.25, 0.3) is 0 Å². The van der Waals surface area contributed by atoms with Crippen molar-refractivity contribution in [2.45, 2.75) is 38.2 Å². The van der Waals surface area contributed by atoms with E-state index in [1.165, 1.54) is 11.8 Å². The summed E-state index contributed by atoms with van der Waals surface area (Å²) in [6, 6.07) is 4.50. The van der Waals surface area contributed by atoms with Crippen molar-refractivity contribution in [2.24, 2.45) is 0 Å². The number of carboxylic acid groups (broad SMARTS) is 1. The van der Waals surface area contributed by atoms with Crippen molar-refractivity contribution in [1.82, 2.24) is 5.32 Å². The van der Waals surface area contributed by atoms with Gasteiger partial charge in [-0.2, -0.15) is 11.8 Å². The van der Waals surface area contributed by atoms with Crippen LogP contribution in [0.15, 0.2) is 22.7 Å². The summed E-state index contributed by atoms with van der Waals surface area (Å²) in [5.74, 6) is -0.349. The molecule has 1 atom stereocenters. The van der Waals surface area contributed by atoms with Gasteiger partial charge in [-0.25, -0.2) is 9.59 Å². The minimum atomic E-state index is -1.11. The predicted molar refractivity (Wildman–Crippen MR) is 96.1 cm³/mol. The number of nitrogens with one attached hydrogen (secondary N) is 1. The molecule has 1 aromatic carbocycles. The van der Waals surface area contributed by atoms with E-state index in [9.17, 15) is 14.7 Å². The van der Waals surface area contributed by atoms with Gasteiger partial charge in [-0.1, -0.05) is 33.6 Å². The molecule has 0 radical (unpaired) electrons. The maximum atomic E-state index is 11.7. The van der Waals surface area contributed by atoms with Crippen molar-refractivity contribution in [2.75, 3.05) is 5.75 Å². The molecule has 0 spiro atoms. The molecular formula is C15H19BrClNO4S. The summed E-state index contributed by atoms with van der Waals surface area (Å²) in [5, 5.41) is 12.2. The molecule has 2 N–H and O–H groups in total. The van der Waals surface area contributed by atoms with Gasteiger partial charge in [-0.3, -0.25) is 0 Å². The van der Waals surface area contributed by atoms with Crippen LogP contribution in [-0.4, -0.2) is 34.6 Å². The fourth-order valence-electron chi connectivity index (χ4n) is 1.55. The third kappa shape index (κ3) is 7.94. The highest BCUT2D eigenvalue weighted by Crippen LogP contribution is 2.25. The smallest absolute Gasteiger partial charge is 0.408 e. The molecule has 1 amide bonds. The van der Waals surface area contributed by atoms with Gasteiger partial charge in [0.1, 0.15) is 11.6 Å². The topological polar surface area (TPSA) is 75.6 Å². The second-order valence-electron chi connectivity index (χ2n) is 5.79. The highest BCUT2D eigenvalue weighted by molar-refractivity contribution is 9.10. The first-order valence-corrected chi connectivity index (χ1v) is 9.15. The van der Waals surface area contributed by atoms with Crippen LogP contribution in [0.1, 0.15) is 26.3 Å². The average molecular weight is 425 g/mol. The van der Waals surface area contributed by atoms with Gasteiger partial charge >= 0.3 is 12.1 Å². The lowest BCUT2D eigenvalue weighted by molar-refractivity contribution is -0.138. The van der Waals surface area contributed by atoms with Crippen LogP contribution in [0.3, 0.4) is 0 Å². The Kier molecular flexibility index (Phi) is 7.70. The van der Waals surface area contributed by atoms with Gasteiger partial charge in [0, 0.05) is 21.0 Å². The van der Waals surface area contributed by atoms with Gasteiger partial charge in [-0.15, -0.1) is 0 Å². The number of carbonyl (C=O) groups excluding carboxylic acids is 1. The average Bonchev–Trinajstić information content (AvgIpc) is 2.37. The summed E-state index contributed by atoms with van der Waals surface area (Å²) >= 11 is 10.8. The number of hydrogen-bond donors (Lipinski definition) is 2. The van der Waals surface area contributed by atoms with Crippen molar-refractivity contribution < 1.29 is 19.4 Å². The number of alkyl carbamates (subject to hydrolysis) is 1. The molecule has 0 aromatic heterocycles. The van der Waals surface area contributed by atoms with E-state index in [2.05, 4.69) is 21.2 Å². The van der Waals surface area contributed by atoms with Gasteiger partial charge in [0.05, 0.1) is 0 Å². The largest absolute Gasteiger partial charge is 0.480 e. The zero-order chi connectivity index (χ0) is 17.6. The van der Waals surface area contributed by atoms with E-state index < -0.39 is 23.7 Å². The molecule has 0 heterocycles. The number of hydrogen-bond acceptors (Lipinski definition) is 4. The van der Waals surface area contributed by atoms with Crippen LogP contribution in [0.5, 0.6) is 0 Å². The SMILES string of the molecule is CC(C)(C)OC(=O)NC(CSCc1ccc(Br)cc1Cl)C(=O)O. The first-order chi connectivity index (χ1) is 10.6. The quantitative estimate of drug-likeness (QED) is 0.711.